The number of para-hydroxylation sites is 1. The number of aryl methyl sites for hydroxylation is 1. The molecule has 27 heavy (non-hydrogen) atoms. The Kier molecular flexibility index (Phi) is 4.29. The zero-order valence-electron chi connectivity index (χ0n) is 15.1. The Morgan fingerprint density at radius 1 is 1.11 bits per heavy atom. The number of aromatic nitrogens is 4. The third-order valence-corrected chi connectivity index (χ3v) is 4.27. The largest absolute Gasteiger partial charge is 0.497 e. The lowest BCUT2D eigenvalue weighted by atomic mass is 10.1. The molecule has 0 aliphatic carbocycles. The van der Waals surface area contributed by atoms with Crippen molar-refractivity contribution in [3.05, 3.63) is 47.5 Å². The maximum absolute atomic E-state index is 5.35. The second-order valence-electron chi connectivity index (χ2n) is 5.93. The van der Waals surface area contributed by atoms with E-state index in [0.29, 0.717) is 23.1 Å². The Balaban J connectivity index is 1.60. The highest BCUT2D eigenvalue weighted by Gasteiger charge is 2.10. The Hall–Kier alpha value is -3.68. The summed E-state index contributed by atoms with van der Waals surface area (Å²) in [4.78, 5) is 7.74. The highest BCUT2D eigenvalue weighted by Crippen LogP contribution is 2.25. The van der Waals surface area contributed by atoms with Crippen molar-refractivity contribution < 1.29 is 9.47 Å². The van der Waals surface area contributed by atoms with Gasteiger partial charge in [-0.05, 0) is 24.6 Å². The molecule has 0 radical (unpaired) electrons. The van der Waals surface area contributed by atoms with Gasteiger partial charge in [0.2, 0.25) is 0 Å². The fourth-order valence-electron chi connectivity index (χ4n) is 2.88. The molecule has 136 valence electrons. The summed E-state index contributed by atoms with van der Waals surface area (Å²) < 4.78 is 10.5. The van der Waals surface area contributed by atoms with E-state index in [0.717, 1.165) is 27.5 Å². The number of ether oxygens (including phenoxy) is 2. The molecule has 2 aromatic heterocycles. The van der Waals surface area contributed by atoms with Gasteiger partial charge < -0.3 is 14.5 Å². The van der Waals surface area contributed by atoms with Crippen molar-refractivity contribution in [2.24, 2.45) is 5.10 Å². The molecule has 0 saturated heterocycles. The second-order valence-corrected chi connectivity index (χ2v) is 5.93. The number of H-pyrrole nitrogens is 1. The number of hydrazone groups is 1. The molecule has 0 atom stereocenters. The van der Waals surface area contributed by atoms with Gasteiger partial charge in [-0.25, -0.2) is 5.43 Å². The number of methoxy groups -OCH3 is 2. The van der Waals surface area contributed by atoms with E-state index < -0.39 is 0 Å². The third kappa shape index (κ3) is 3.12. The van der Waals surface area contributed by atoms with E-state index in [1.54, 1.807) is 26.5 Å². The summed E-state index contributed by atoms with van der Waals surface area (Å²) in [5.74, 6) is 1.67. The number of hydrogen-bond acceptors (Lipinski definition) is 7. The SMILES string of the molecule is COc1ccc(/C=N\Nc2nnc3c(n2)[nH]c2c(C)cccc23)c(OC)c1. The van der Waals surface area contributed by atoms with Gasteiger partial charge in [-0.2, -0.15) is 10.1 Å². The van der Waals surface area contributed by atoms with E-state index in [2.05, 4.69) is 30.7 Å². The minimum atomic E-state index is 0.301. The fraction of sp³-hybridized carbons (Fsp3) is 0.158. The summed E-state index contributed by atoms with van der Waals surface area (Å²) in [5.41, 5.74) is 7.13. The molecule has 0 aliphatic rings. The lowest BCUT2D eigenvalue weighted by Crippen LogP contribution is -1.99. The second kappa shape index (κ2) is 6.91. The lowest BCUT2D eigenvalue weighted by Gasteiger charge is -2.06. The van der Waals surface area contributed by atoms with Gasteiger partial charge in [-0.15, -0.1) is 10.2 Å². The monoisotopic (exact) mass is 362 g/mol. The molecule has 2 aromatic carbocycles. The van der Waals surface area contributed by atoms with E-state index in [1.165, 1.54) is 0 Å². The van der Waals surface area contributed by atoms with Crippen LogP contribution in [0.5, 0.6) is 11.5 Å². The van der Waals surface area contributed by atoms with Crippen molar-refractivity contribution in [1.29, 1.82) is 0 Å². The van der Waals surface area contributed by atoms with Crippen LogP contribution in [0.15, 0.2) is 41.5 Å². The predicted octanol–water partition coefficient (Wildman–Crippen LogP) is 3.28. The van der Waals surface area contributed by atoms with Crippen LogP contribution in [-0.4, -0.2) is 40.6 Å². The van der Waals surface area contributed by atoms with Crippen LogP contribution in [0.1, 0.15) is 11.1 Å². The molecule has 0 saturated carbocycles. The molecular weight excluding hydrogens is 344 g/mol. The quantitative estimate of drug-likeness (QED) is 0.418. The summed E-state index contributed by atoms with van der Waals surface area (Å²) in [5, 5.41) is 13.6. The number of nitrogens with zero attached hydrogens (tertiary/aromatic N) is 4. The maximum Gasteiger partial charge on any atom is 0.265 e. The average Bonchev–Trinajstić information content (AvgIpc) is 3.07. The van der Waals surface area contributed by atoms with Crippen LogP contribution in [-0.2, 0) is 0 Å². The van der Waals surface area contributed by atoms with Crippen LogP contribution in [0.3, 0.4) is 0 Å². The molecule has 8 heteroatoms. The van der Waals surface area contributed by atoms with Crippen LogP contribution in [0.2, 0.25) is 0 Å². The molecule has 8 nitrogen and oxygen atoms in total. The molecule has 2 heterocycles. The first-order chi connectivity index (χ1) is 13.2. The normalized spacial score (nSPS) is 11.4. The van der Waals surface area contributed by atoms with Crippen molar-refractivity contribution in [3.8, 4) is 11.5 Å². The van der Waals surface area contributed by atoms with Gasteiger partial charge >= 0.3 is 0 Å². The molecule has 4 aromatic rings. The molecule has 0 aliphatic heterocycles. The number of aromatic amines is 1. The van der Waals surface area contributed by atoms with Crippen molar-refractivity contribution in [2.45, 2.75) is 6.92 Å². The minimum absolute atomic E-state index is 0.301. The number of benzene rings is 2. The maximum atomic E-state index is 5.35. The number of fused-ring (bicyclic) bond motifs is 3. The summed E-state index contributed by atoms with van der Waals surface area (Å²) in [6.07, 6.45) is 1.63. The highest BCUT2D eigenvalue weighted by molar-refractivity contribution is 6.04. The highest BCUT2D eigenvalue weighted by atomic mass is 16.5. The fourth-order valence-corrected chi connectivity index (χ4v) is 2.88. The number of hydrogen-bond donors (Lipinski definition) is 2. The van der Waals surface area contributed by atoms with Gasteiger partial charge in [0.05, 0.1) is 26.0 Å². The van der Waals surface area contributed by atoms with E-state index in [4.69, 9.17) is 9.47 Å². The molecule has 0 bridgehead atoms. The van der Waals surface area contributed by atoms with Crippen LogP contribution in [0, 0.1) is 6.92 Å². The summed E-state index contributed by atoms with van der Waals surface area (Å²) in [7, 11) is 3.20. The van der Waals surface area contributed by atoms with Gasteiger partial charge in [-0.1, -0.05) is 18.2 Å². The van der Waals surface area contributed by atoms with E-state index in [1.807, 2.05) is 37.3 Å². The first-order valence-electron chi connectivity index (χ1n) is 8.32. The Bertz CT molecular complexity index is 1150. The Morgan fingerprint density at radius 3 is 2.81 bits per heavy atom. The van der Waals surface area contributed by atoms with Crippen molar-refractivity contribution >= 4 is 34.2 Å². The van der Waals surface area contributed by atoms with Gasteiger partial charge in [0.15, 0.2) is 5.65 Å². The summed E-state index contributed by atoms with van der Waals surface area (Å²) in [6.45, 7) is 2.04. The van der Waals surface area contributed by atoms with Crippen LogP contribution in [0.4, 0.5) is 5.95 Å². The topological polar surface area (TPSA) is 97.3 Å². The van der Waals surface area contributed by atoms with Crippen LogP contribution in [0.25, 0.3) is 22.1 Å². The molecular formula is C19H18N6O2. The number of nitrogens with one attached hydrogen (secondary N) is 2. The van der Waals surface area contributed by atoms with Gasteiger partial charge in [0, 0.05) is 17.0 Å². The van der Waals surface area contributed by atoms with Gasteiger partial charge in [0.25, 0.3) is 5.95 Å². The lowest BCUT2D eigenvalue weighted by molar-refractivity contribution is 0.394. The molecule has 0 amide bonds. The van der Waals surface area contributed by atoms with Crippen molar-refractivity contribution in [2.75, 3.05) is 19.6 Å². The molecule has 0 spiro atoms. The first-order valence-corrected chi connectivity index (χ1v) is 8.32. The van der Waals surface area contributed by atoms with E-state index in [9.17, 15) is 0 Å². The molecule has 2 N–H and O–H groups in total. The number of rotatable bonds is 5. The van der Waals surface area contributed by atoms with Crippen LogP contribution >= 0.6 is 0 Å². The Morgan fingerprint density at radius 2 is 2.00 bits per heavy atom. The van der Waals surface area contributed by atoms with E-state index >= 15 is 0 Å². The summed E-state index contributed by atoms with van der Waals surface area (Å²) in [6, 6.07) is 11.5. The predicted molar refractivity (Wildman–Crippen MR) is 105 cm³/mol. The Labute approximate surface area is 155 Å². The third-order valence-electron chi connectivity index (χ3n) is 4.27. The zero-order valence-corrected chi connectivity index (χ0v) is 15.1. The zero-order chi connectivity index (χ0) is 18.8. The van der Waals surface area contributed by atoms with Crippen molar-refractivity contribution in [1.82, 2.24) is 20.2 Å². The van der Waals surface area contributed by atoms with Gasteiger partial charge in [0.1, 0.15) is 17.0 Å². The first kappa shape index (κ1) is 16.8. The molecule has 4 rings (SSSR count). The van der Waals surface area contributed by atoms with Crippen molar-refractivity contribution in [3.63, 3.8) is 0 Å². The minimum Gasteiger partial charge on any atom is -0.497 e. The average molecular weight is 362 g/mol. The number of anilines is 1. The van der Waals surface area contributed by atoms with Gasteiger partial charge in [-0.3, -0.25) is 0 Å². The van der Waals surface area contributed by atoms with E-state index in [-0.39, 0.29) is 0 Å². The smallest absolute Gasteiger partial charge is 0.265 e. The molecule has 0 unspecified atom stereocenters. The molecule has 0 fully saturated rings. The summed E-state index contributed by atoms with van der Waals surface area (Å²) >= 11 is 0. The standard InChI is InChI=1S/C19H18N6O2/c1-11-5-4-6-14-16(11)21-18-17(14)23-25-19(22-18)24-20-10-12-7-8-13(26-2)9-15(12)27-3/h4-10H,1-3H3,(H2,21,22,24,25)/b20-10-. The van der Waals surface area contributed by atoms with Crippen LogP contribution < -0.4 is 14.9 Å².